The van der Waals surface area contributed by atoms with Gasteiger partial charge in [-0.3, -0.25) is 4.79 Å². The highest BCUT2D eigenvalue weighted by Gasteiger charge is 2.40. The number of carbonyl (C=O) groups is 1. The lowest BCUT2D eigenvalue weighted by molar-refractivity contribution is -0.122. The predicted octanol–water partition coefficient (Wildman–Crippen LogP) is 3.88. The lowest BCUT2D eigenvalue weighted by atomic mass is 9.86. The summed E-state index contributed by atoms with van der Waals surface area (Å²) in [6.45, 7) is 0.905. The smallest absolute Gasteiger partial charge is 0.220 e. The molecule has 0 aliphatic heterocycles. The van der Waals surface area contributed by atoms with Crippen LogP contribution in [0, 0.1) is 23.7 Å². The molecule has 19 heavy (non-hydrogen) atoms. The molecule has 0 aromatic carbocycles. The van der Waals surface area contributed by atoms with Crippen LogP contribution in [0.25, 0.3) is 0 Å². The van der Waals surface area contributed by atoms with Crippen molar-refractivity contribution in [3.63, 3.8) is 0 Å². The molecule has 2 bridgehead atoms. The molecule has 0 aromatic rings. The van der Waals surface area contributed by atoms with Crippen LogP contribution in [0.15, 0.2) is 0 Å². The molecular formula is C16H26BrNO. The van der Waals surface area contributed by atoms with E-state index in [-0.39, 0.29) is 0 Å². The van der Waals surface area contributed by atoms with Crippen LogP contribution in [0.5, 0.6) is 0 Å². The molecule has 3 aliphatic rings. The van der Waals surface area contributed by atoms with E-state index in [0.29, 0.717) is 22.6 Å². The summed E-state index contributed by atoms with van der Waals surface area (Å²) in [5.41, 5.74) is 0. The Morgan fingerprint density at radius 2 is 2.00 bits per heavy atom. The molecule has 108 valence electrons. The van der Waals surface area contributed by atoms with Gasteiger partial charge in [0.15, 0.2) is 0 Å². The molecule has 0 heterocycles. The van der Waals surface area contributed by atoms with Gasteiger partial charge in [-0.05, 0) is 62.2 Å². The number of hydrogen-bond donors (Lipinski definition) is 1. The van der Waals surface area contributed by atoms with Gasteiger partial charge in [-0.1, -0.05) is 28.8 Å². The third kappa shape index (κ3) is 3.53. The number of rotatable bonds is 4. The van der Waals surface area contributed by atoms with Crippen molar-refractivity contribution in [1.29, 1.82) is 0 Å². The third-order valence-corrected chi connectivity index (χ3v) is 6.47. The van der Waals surface area contributed by atoms with Gasteiger partial charge in [-0.15, -0.1) is 0 Å². The Bertz CT molecular complexity index is 333. The molecule has 3 heteroatoms. The van der Waals surface area contributed by atoms with Crippen molar-refractivity contribution in [3.05, 3.63) is 0 Å². The Morgan fingerprint density at radius 3 is 2.68 bits per heavy atom. The molecule has 3 fully saturated rings. The van der Waals surface area contributed by atoms with Gasteiger partial charge in [0, 0.05) is 17.8 Å². The van der Waals surface area contributed by atoms with E-state index in [1.807, 2.05) is 0 Å². The van der Waals surface area contributed by atoms with Gasteiger partial charge in [-0.25, -0.2) is 0 Å². The molecule has 0 aromatic heterocycles. The third-order valence-electron chi connectivity index (χ3n) is 5.64. The summed E-state index contributed by atoms with van der Waals surface area (Å²) in [5, 5.41) is 3.20. The van der Waals surface area contributed by atoms with E-state index in [0.717, 1.165) is 24.8 Å². The molecule has 1 N–H and O–H groups in total. The predicted molar refractivity (Wildman–Crippen MR) is 81.2 cm³/mol. The fourth-order valence-electron chi connectivity index (χ4n) is 4.61. The van der Waals surface area contributed by atoms with Crippen molar-refractivity contribution in [2.24, 2.45) is 23.7 Å². The minimum Gasteiger partial charge on any atom is -0.356 e. The zero-order valence-electron chi connectivity index (χ0n) is 11.7. The minimum absolute atomic E-state index is 0.314. The number of nitrogens with one attached hydrogen (secondary N) is 1. The minimum atomic E-state index is 0.314. The van der Waals surface area contributed by atoms with Gasteiger partial charge in [-0.2, -0.15) is 0 Å². The Kier molecular flexibility index (Phi) is 4.51. The van der Waals surface area contributed by atoms with Gasteiger partial charge in [0.25, 0.3) is 0 Å². The topological polar surface area (TPSA) is 29.1 Å². The Balaban J connectivity index is 1.37. The Hall–Kier alpha value is -0.0500. The molecule has 1 amide bonds. The lowest BCUT2D eigenvalue weighted by Crippen LogP contribution is -2.33. The van der Waals surface area contributed by atoms with Crippen LogP contribution < -0.4 is 5.32 Å². The molecule has 3 aliphatic carbocycles. The molecule has 0 spiro atoms. The summed E-state index contributed by atoms with van der Waals surface area (Å²) in [6, 6.07) is 0. The van der Waals surface area contributed by atoms with E-state index in [9.17, 15) is 4.79 Å². The van der Waals surface area contributed by atoms with Crippen LogP contribution in [-0.4, -0.2) is 17.3 Å². The molecule has 2 nitrogen and oxygen atoms in total. The maximum Gasteiger partial charge on any atom is 0.220 e. The number of halogens is 1. The molecular weight excluding hydrogens is 302 g/mol. The maximum absolute atomic E-state index is 12.1. The number of amides is 1. The summed E-state index contributed by atoms with van der Waals surface area (Å²) < 4.78 is 0. The monoisotopic (exact) mass is 327 g/mol. The first-order valence-electron chi connectivity index (χ1n) is 8.11. The van der Waals surface area contributed by atoms with Crippen LogP contribution in [-0.2, 0) is 4.79 Å². The van der Waals surface area contributed by atoms with Gasteiger partial charge >= 0.3 is 0 Å². The van der Waals surface area contributed by atoms with Gasteiger partial charge in [0.05, 0.1) is 0 Å². The molecule has 0 saturated heterocycles. The fourth-order valence-corrected chi connectivity index (χ4v) is 5.46. The second kappa shape index (κ2) is 6.15. The highest BCUT2D eigenvalue weighted by molar-refractivity contribution is 9.09. The Labute approximate surface area is 125 Å². The summed E-state index contributed by atoms with van der Waals surface area (Å²) in [4.78, 5) is 12.8. The van der Waals surface area contributed by atoms with Crippen molar-refractivity contribution in [2.75, 3.05) is 6.54 Å². The SMILES string of the molecule is O=C(CC1CC2CCC1C2)NCC1CCCC(Br)C1. The van der Waals surface area contributed by atoms with E-state index >= 15 is 0 Å². The van der Waals surface area contributed by atoms with E-state index < -0.39 is 0 Å². The summed E-state index contributed by atoms with van der Waals surface area (Å²) in [7, 11) is 0. The summed E-state index contributed by atoms with van der Waals surface area (Å²) >= 11 is 3.72. The molecule has 5 unspecified atom stereocenters. The van der Waals surface area contributed by atoms with Crippen LogP contribution in [0.2, 0.25) is 0 Å². The van der Waals surface area contributed by atoms with Crippen LogP contribution >= 0.6 is 15.9 Å². The maximum atomic E-state index is 12.1. The second-order valence-electron chi connectivity index (χ2n) is 7.07. The van der Waals surface area contributed by atoms with Crippen LogP contribution in [0.4, 0.5) is 0 Å². The number of hydrogen-bond acceptors (Lipinski definition) is 1. The zero-order chi connectivity index (χ0) is 13.2. The van der Waals surface area contributed by atoms with Crippen molar-refractivity contribution in [3.8, 4) is 0 Å². The zero-order valence-corrected chi connectivity index (χ0v) is 13.3. The lowest BCUT2D eigenvalue weighted by Gasteiger charge is -2.26. The number of fused-ring (bicyclic) bond motifs is 2. The Morgan fingerprint density at radius 1 is 1.11 bits per heavy atom. The van der Waals surface area contributed by atoms with Gasteiger partial charge in [0.1, 0.15) is 0 Å². The second-order valence-corrected chi connectivity index (χ2v) is 8.37. The summed E-state index contributed by atoms with van der Waals surface area (Å²) in [6.07, 6.45) is 11.5. The van der Waals surface area contributed by atoms with Crippen LogP contribution in [0.1, 0.15) is 57.8 Å². The van der Waals surface area contributed by atoms with Crippen molar-refractivity contribution in [1.82, 2.24) is 5.32 Å². The molecule has 3 rings (SSSR count). The van der Waals surface area contributed by atoms with E-state index in [1.54, 1.807) is 0 Å². The van der Waals surface area contributed by atoms with E-state index in [4.69, 9.17) is 0 Å². The molecule has 5 atom stereocenters. The highest BCUT2D eigenvalue weighted by atomic mass is 79.9. The molecule has 3 saturated carbocycles. The quantitative estimate of drug-likeness (QED) is 0.780. The first-order valence-corrected chi connectivity index (χ1v) is 9.03. The van der Waals surface area contributed by atoms with E-state index in [1.165, 1.54) is 51.4 Å². The van der Waals surface area contributed by atoms with Gasteiger partial charge < -0.3 is 5.32 Å². The average molecular weight is 328 g/mol. The normalized spacial score (nSPS) is 41.4. The van der Waals surface area contributed by atoms with Gasteiger partial charge in [0.2, 0.25) is 5.91 Å². The largest absolute Gasteiger partial charge is 0.356 e. The number of carbonyl (C=O) groups excluding carboxylic acids is 1. The standard InChI is InChI=1S/C16H26BrNO/c17-15-3-1-2-12(8-15)10-18-16(19)9-14-7-11-4-5-13(14)6-11/h11-15H,1-10H2,(H,18,19). The van der Waals surface area contributed by atoms with Crippen LogP contribution in [0.3, 0.4) is 0 Å². The first kappa shape index (κ1) is 13.9. The van der Waals surface area contributed by atoms with E-state index in [2.05, 4.69) is 21.2 Å². The highest BCUT2D eigenvalue weighted by Crippen LogP contribution is 2.49. The van der Waals surface area contributed by atoms with Crippen molar-refractivity contribution < 1.29 is 4.79 Å². The number of alkyl halides is 1. The summed E-state index contributed by atoms with van der Waals surface area (Å²) in [5.74, 6) is 3.54. The fraction of sp³-hybridized carbons (Fsp3) is 0.938. The van der Waals surface area contributed by atoms with Crippen molar-refractivity contribution in [2.45, 2.75) is 62.6 Å². The average Bonchev–Trinajstić information content (AvgIpc) is 2.99. The van der Waals surface area contributed by atoms with Crippen molar-refractivity contribution >= 4 is 21.8 Å². The first-order chi connectivity index (χ1) is 9.20. The molecule has 0 radical (unpaired) electrons.